The Morgan fingerprint density at radius 3 is 2.11 bits per heavy atom. The molecule has 5 heteroatoms. The Labute approximate surface area is 218 Å². The fourth-order valence-corrected chi connectivity index (χ4v) is 5.42. The van der Waals surface area contributed by atoms with Gasteiger partial charge in [0.25, 0.3) is 11.8 Å². The third kappa shape index (κ3) is 3.11. The minimum atomic E-state index is -0.354. The van der Waals surface area contributed by atoms with Crippen LogP contribution in [0.4, 0.5) is 5.69 Å². The zero-order valence-electron chi connectivity index (χ0n) is 20.1. The van der Waals surface area contributed by atoms with E-state index in [2.05, 4.69) is 6.07 Å². The van der Waals surface area contributed by atoms with E-state index >= 15 is 0 Å². The van der Waals surface area contributed by atoms with Gasteiger partial charge in [0.1, 0.15) is 0 Å². The number of para-hydroxylation sites is 1. The highest BCUT2D eigenvalue weighted by molar-refractivity contribution is 6.35. The average Bonchev–Trinajstić information content (AvgIpc) is 3.44. The molecule has 5 aromatic carbocycles. The van der Waals surface area contributed by atoms with Crippen LogP contribution in [0.25, 0.3) is 38.6 Å². The number of fused-ring (bicyclic) bond motifs is 4. The predicted octanol–water partition coefficient (Wildman–Crippen LogP) is 7.12. The van der Waals surface area contributed by atoms with Gasteiger partial charge < -0.3 is 4.57 Å². The SMILES string of the molecule is N#Cc1ccc2c(c1)c1ccccc1n2-c1cccc2c1C(=O)N(c1ccc(-c3ccccc3)cc1)C2=O. The van der Waals surface area contributed by atoms with Gasteiger partial charge in [0.05, 0.1) is 45.2 Å². The standard InChI is InChI=1S/C33H19N3O2/c34-20-21-13-18-29-27(19-21)25-9-4-5-11-28(25)36(29)30-12-6-10-26-31(30)33(38)35(32(26)37)24-16-14-23(15-17-24)22-7-2-1-3-8-22/h1-19H. The van der Waals surface area contributed by atoms with Crippen molar-refractivity contribution in [2.24, 2.45) is 0 Å². The van der Waals surface area contributed by atoms with Gasteiger partial charge in [0, 0.05) is 10.8 Å². The van der Waals surface area contributed by atoms with E-state index in [1.165, 1.54) is 4.90 Å². The van der Waals surface area contributed by atoms with Crippen molar-refractivity contribution in [3.05, 3.63) is 132 Å². The molecule has 1 aromatic heterocycles. The molecular formula is C33H19N3O2. The number of rotatable bonds is 3. The zero-order chi connectivity index (χ0) is 25.8. The number of imide groups is 1. The second-order valence-electron chi connectivity index (χ2n) is 9.25. The van der Waals surface area contributed by atoms with Gasteiger partial charge >= 0.3 is 0 Å². The van der Waals surface area contributed by atoms with Gasteiger partial charge in [-0.05, 0) is 59.7 Å². The monoisotopic (exact) mass is 489 g/mol. The van der Waals surface area contributed by atoms with Crippen LogP contribution in [-0.2, 0) is 0 Å². The van der Waals surface area contributed by atoms with E-state index < -0.39 is 0 Å². The lowest BCUT2D eigenvalue weighted by molar-refractivity contribution is 0.0926. The highest BCUT2D eigenvalue weighted by Crippen LogP contribution is 2.38. The predicted molar refractivity (Wildman–Crippen MR) is 149 cm³/mol. The lowest BCUT2D eigenvalue weighted by atomic mass is 10.1. The molecule has 0 aliphatic carbocycles. The quantitative estimate of drug-likeness (QED) is 0.249. The molecule has 178 valence electrons. The smallest absolute Gasteiger partial charge is 0.268 e. The molecule has 0 spiro atoms. The van der Waals surface area contributed by atoms with Crippen molar-refractivity contribution in [1.82, 2.24) is 4.57 Å². The molecule has 7 rings (SSSR count). The highest BCUT2D eigenvalue weighted by Gasteiger charge is 2.39. The van der Waals surface area contributed by atoms with Crippen LogP contribution in [0.1, 0.15) is 26.3 Å². The maximum absolute atomic E-state index is 13.9. The first-order valence-corrected chi connectivity index (χ1v) is 12.3. The van der Waals surface area contributed by atoms with Crippen LogP contribution >= 0.6 is 0 Å². The van der Waals surface area contributed by atoms with Crippen LogP contribution < -0.4 is 4.90 Å². The number of nitrogens with zero attached hydrogens (tertiary/aromatic N) is 3. The van der Waals surface area contributed by atoms with E-state index in [0.29, 0.717) is 28.1 Å². The van der Waals surface area contributed by atoms with Crippen LogP contribution in [0.5, 0.6) is 0 Å². The number of anilines is 1. The number of hydrogen-bond donors (Lipinski definition) is 0. The molecule has 2 heterocycles. The number of amides is 2. The Bertz CT molecular complexity index is 1960. The Balaban J connectivity index is 1.38. The fourth-order valence-electron chi connectivity index (χ4n) is 5.42. The van der Waals surface area contributed by atoms with E-state index in [1.807, 2.05) is 108 Å². The van der Waals surface area contributed by atoms with E-state index in [4.69, 9.17) is 0 Å². The van der Waals surface area contributed by atoms with Crippen LogP contribution in [0.2, 0.25) is 0 Å². The minimum Gasteiger partial charge on any atom is -0.308 e. The van der Waals surface area contributed by atoms with Gasteiger partial charge in [-0.25, -0.2) is 4.90 Å². The lowest BCUT2D eigenvalue weighted by Gasteiger charge is -2.15. The molecule has 0 radical (unpaired) electrons. The number of hydrogen-bond acceptors (Lipinski definition) is 3. The van der Waals surface area contributed by atoms with E-state index in [0.717, 1.165) is 32.9 Å². The summed E-state index contributed by atoms with van der Waals surface area (Å²) < 4.78 is 2.01. The summed E-state index contributed by atoms with van der Waals surface area (Å²) in [6.45, 7) is 0. The highest BCUT2D eigenvalue weighted by atomic mass is 16.2. The average molecular weight is 490 g/mol. The van der Waals surface area contributed by atoms with Crippen molar-refractivity contribution in [3.8, 4) is 22.9 Å². The maximum atomic E-state index is 13.9. The summed E-state index contributed by atoms with van der Waals surface area (Å²) >= 11 is 0. The molecule has 2 amide bonds. The largest absolute Gasteiger partial charge is 0.308 e. The third-order valence-electron chi connectivity index (χ3n) is 7.17. The summed E-state index contributed by atoms with van der Waals surface area (Å²) in [6.07, 6.45) is 0. The fraction of sp³-hybridized carbons (Fsp3) is 0. The molecule has 6 aromatic rings. The molecule has 0 N–H and O–H groups in total. The van der Waals surface area contributed by atoms with Crippen LogP contribution in [0.15, 0.2) is 115 Å². The van der Waals surface area contributed by atoms with Gasteiger partial charge in [-0.2, -0.15) is 5.26 Å². The number of benzene rings is 5. The van der Waals surface area contributed by atoms with Crippen LogP contribution in [0, 0.1) is 11.3 Å². The number of aromatic nitrogens is 1. The molecule has 0 fully saturated rings. The molecular weight excluding hydrogens is 470 g/mol. The van der Waals surface area contributed by atoms with Crippen molar-refractivity contribution >= 4 is 39.3 Å². The summed E-state index contributed by atoms with van der Waals surface area (Å²) in [6, 6.07) is 38.5. The normalized spacial score (nSPS) is 12.8. The Morgan fingerprint density at radius 1 is 0.605 bits per heavy atom. The maximum Gasteiger partial charge on any atom is 0.268 e. The summed E-state index contributed by atoms with van der Waals surface area (Å²) in [5.74, 6) is -0.695. The van der Waals surface area contributed by atoms with Crippen LogP contribution in [0.3, 0.4) is 0 Å². The first-order valence-electron chi connectivity index (χ1n) is 12.3. The second-order valence-corrected chi connectivity index (χ2v) is 9.25. The summed E-state index contributed by atoms with van der Waals surface area (Å²) in [5.41, 5.74) is 6.32. The first-order chi connectivity index (χ1) is 18.7. The van der Waals surface area contributed by atoms with E-state index in [-0.39, 0.29) is 11.8 Å². The zero-order valence-corrected chi connectivity index (χ0v) is 20.1. The van der Waals surface area contributed by atoms with Gasteiger partial charge in [0.15, 0.2) is 0 Å². The molecule has 0 bridgehead atoms. The molecule has 1 aliphatic rings. The lowest BCUT2D eigenvalue weighted by Crippen LogP contribution is -2.29. The van der Waals surface area contributed by atoms with Gasteiger partial charge in [-0.1, -0.05) is 66.7 Å². The molecule has 38 heavy (non-hydrogen) atoms. The van der Waals surface area contributed by atoms with Gasteiger partial charge in [-0.3, -0.25) is 9.59 Å². The molecule has 0 saturated heterocycles. The Morgan fingerprint density at radius 2 is 1.32 bits per heavy atom. The summed E-state index contributed by atoms with van der Waals surface area (Å²) in [4.78, 5) is 28.7. The van der Waals surface area contributed by atoms with Gasteiger partial charge in [-0.15, -0.1) is 0 Å². The molecule has 0 atom stereocenters. The molecule has 0 saturated carbocycles. The first kappa shape index (κ1) is 21.8. The van der Waals surface area contributed by atoms with Gasteiger partial charge in [0.2, 0.25) is 0 Å². The van der Waals surface area contributed by atoms with Crippen LogP contribution in [-0.4, -0.2) is 16.4 Å². The van der Waals surface area contributed by atoms with Crippen molar-refractivity contribution in [2.45, 2.75) is 0 Å². The van der Waals surface area contributed by atoms with Crippen molar-refractivity contribution in [1.29, 1.82) is 5.26 Å². The molecule has 0 unspecified atom stereocenters. The van der Waals surface area contributed by atoms with Crippen molar-refractivity contribution in [3.63, 3.8) is 0 Å². The number of carbonyl (C=O) groups excluding carboxylic acids is 2. The number of carbonyl (C=O) groups is 2. The second kappa shape index (κ2) is 8.29. The topological polar surface area (TPSA) is 66.1 Å². The third-order valence-corrected chi connectivity index (χ3v) is 7.17. The number of nitriles is 1. The van der Waals surface area contributed by atoms with E-state index in [9.17, 15) is 14.9 Å². The van der Waals surface area contributed by atoms with Crippen molar-refractivity contribution < 1.29 is 9.59 Å². The van der Waals surface area contributed by atoms with Crippen molar-refractivity contribution in [2.75, 3.05) is 4.90 Å². The molecule has 5 nitrogen and oxygen atoms in total. The minimum absolute atomic E-state index is 0.341. The van der Waals surface area contributed by atoms with E-state index in [1.54, 1.807) is 12.1 Å². The Kier molecular flexibility index (Phi) is 4.75. The summed E-state index contributed by atoms with van der Waals surface area (Å²) in [7, 11) is 0. The molecule has 1 aliphatic heterocycles. The summed E-state index contributed by atoms with van der Waals surface area (Å²) in [5, 5.41) is 11.4. The Hall–Kier alpha value is -5.47.